The highest BCUT2D eigenvalue weighted by Crippen LogP contribution is 2.06. The number of carbonyl (C=O) groups is 1. The van der Waals surface area contributed by atoms with Gasteiger partial charge in [0.15, 0.2) is 0 Å². The Labute approximate surface area is 72.7 Å². The van der Waals surface area contributed by atoms with Gasteiger partial charge in [-0.3, -0.25) is 0 Å². The maximum atomic E-state index is 10.2. The third-order valence-electron chi connectivity index (χ3n) is 1.63. The van der Waals surface area contributed by atoms with Crippen LogP contribution in [0.3, 0.4) is 0 Å². The molecule has 1 heteroatoms. The smallest absolute Gasteiger partial charge is 0.124 e. The number of benzene rings is 1. The molecule has 0 saturated carbocycles. The number of carbonyl (C=O) groups excluding carboxylic acids is 1. The molecule has 0 bridgehead atoms. The van der Waals surface area contributed by atoms with E-state index in [2.05, 4.69) is 0 Å². The first-order valence-electron chi connectivity index (χ1n) is 4.02. The molecule has 1 aromatic rings. The van der Waals surface area contributed by atoms with E-state index in [1.54, 1.807) is 0 Å². The number of hydrogen-bond acceptors (Lipinski definition) is 1. The second kappa shape index (κ2) is 4.50. The predicted molar refractivity (Wildman–Crippen MR) is 50.9 cm³/mol. The molecule has 0 fully saturated rings. The number of allylic oxidation sites excluding steroid dienone is 1. The molecule has 1 aromatic carbocycles. The topological polar surface area (TPSA) is 17.1 Å². The SMILES string of the molecule is C/C=C/c1cccc(CC=O)c1. The fourth-order valence-electron chi connectivity index (χ4n) is 1.11. The Morgan fingerprint density at radius 3 is 2.92 bits per heavy atom. The molecule has 0 N–H and O–H groups in total. The van der Waals surface area contributed by atoms with Crippen molar-refractivity contribution in [2.45, 2.75) is 13.3 Å². The average Bonchev–Trinajstić information content (AvgIpc) is 2.06. The minimum atomic E-state index is 0.505. The van der Waals surface area contributed by atoms with Crippen LogP contribution in [0, 0.1) is 0 Å². The molecule has 0 unspecified atom stereocenters. The molecule has 1 nitrogen and oxygen atoms in total. The lowest BCUT2D eigenvalue weighted by molar-refractivity contribution is -0.107. The second-order valence-electron chi connectivity index (χ2n) is 2.62. The lowest BCUT2D eigenvalue weighted by Crippen LogP contribution is -1.85. The van der Waals surface area contributed by atoms with Crippen LogP contribution in [0.5, 0.6) is 0 Å². The molecule has 0 aliphatic heterocycles. The Morgan fingerprint density at radius 1 is 1.42 bits per heavy atom. The Bertz CT molecular complexity index is 287. The summed E-state index contributed by atoms with van der Waals surface area (Å²) >= 11 is 0. The zero-order chi connectivity index (χ0) is 8.81. The van der Waals surface area contributed by atoms with Gasteiger partial charge in [-0.05, 0) is 18.1 Å². The number of aldehydes is 1. The van der Waals surface area contributed by atoms with Crippen LogP contribution in [-0.4, -0.2) is 6.29 Å². The van der Waals surface area contributed by atoms with Crippen LogP contribution in [0.4, 0.5) is 0 Å². The molecule has 0 atom stereocenters. The summed E-state index contributed by atoms with van der Waals surface area (Å²) in [6.45, 7) is 1.98. The van der Waals surface area contributed by atoms with E-state index in [-0.39, 0.29) is 0 Å². The molecule has 0 aromatic heterocycles. The fraction of sp³-hybridized carbons (Fsp3) is 0.182. The Hall–Kier alpha value is -1.37. The Morgan fingerprint density at radius 2 is 2.25 bits per heavy atom. The summed E-state index contributed by atoms with van der Waals surface area (Å²) in [5, 5.41) is 0. The summed E-state index contributed by atoms with van der Waals surface area (Å²) in [5.41, 5.74) is 2.22. The van der Waals surface area contributed by atoms with Crippen molar-refractivity contribution in [2.24, 2.45) is 0 Å². The first kappa shape index (κ1) is 8.72. The van der Waals surface area contributed by atoms with Crippen LogP contribution in [0.25, 0.3) is 6.08 Å². The summed E-state index contributed by atoms with van der Waals surface area (Å²) in [4.78, 5) is 10.2. The second-order valence-corrected chi connectivity index (χ2v) is 2.62. The van der Waals surface area contributed by atoms with E-state index in [1.807, 2.05) is 43.3 Å². The molecule has 62 valence electrons. The van der Waals surface area contributed by atoms with Crippen molar-refractivity contribution in [3.05, 3.63) is 41.5 Å². The maximum absolute atomic E-state index is 10.2. The summed E-state index contributed by atoms with van der Waals surface area (Å²) in [6.07, 6.45) is 5.44. The van der Waals surface area contributed by atoms with E-state index >= 15 is 0 Å². The molecular weight excluding hydrogens is 148 g/mol. The van der Waals surface area contributed by atoms with Gasteiger partial charge in [-0.1, -0.05) is 36.4 Å². The van der Waals surface area contributed by atoms with Crippen LogP contribution < -0.4 is 0 Å². The highest BCUT2D eigenvalue weighted by Gasteiger charge is 1.91. The van der Waals surface area contributed by atoms with Crippen LogP contribution in [0.15, 0.2) is 30.3 Å². The third-order valence-corrected chi connectivity index (χ3v) is 1.63. The van der Waals surface area contributed by atoms with E-state index < -0.39 is 0 Å². The van der Waals surface area contributed by atoms with Crippen LogP contribution in [0.2, 0.25) is 0 Å². The standard InChI is InChI=1S/C11H12O/c1-2-4-10-5-3-6-11(9-10)7-8-12/h2-6,8-9H,7H2,1H3/b4-2+. The summed E-state index contributed by atoms with van der Waals surface area (Å²) in [7, 11) is 0. The zero-order valence-corrected chi connectivity index (χ0v) is 7.16. The van der Waals surface area contributed by atoms with Crippen LogP contribution in [-0.2, 0) is 11.2 Å². The van der Waals surface area contributed by atoms with Crippen molar-refractivity contribution >= 4 is 12.4 Å². The van der Waals surface area contributed by atoms with Crippen molar-refractivity contribution in [1.82, 2.24) is 0 Å². The molecule has 0 spiro atoms. The molecule has 0 amide bonds. The van der Waals surface area contributed by atoms with Gasteiger partial charge in [0.1, 0.15) is 6.29 Å². The van der Waals surface area contributed by atoms with E-state index in [4.69, 9.17) is 0 Å². The fourth-order valence-corrected chi connectivity index (χ4v) is 1.11. The van der Waals surface area contributed by atoms with Gasteiger partial charge in [0.2, 0.25) is 0 Å². The van der Waals surface area contributed by atoms with Gasteiger partial charge in [0.25, 0.3) is 0 Å². The zero-order valence-electron chi connectivity index (χ0n) is 7.16. The molecule has 0 saturated heterocycles. The van der Waals surface area contributed by atoms with Gasteiger partial charge in [0.05, 0.1) is 0 Å². The lowest BCUT2D eigenvalue weighted by atomic mass is 10.1. The molecule has 1 rings (SSSR count). The molecular formula is C11H12O. The van der Waals surface area contributed by atoms with Crippen molar-refractivity contribution in [2.75, 3.05) is 0 Å². The average molecular weight is 160 g/mol. The third kappa shape index (κ3) is 2.35. The normalized spacial score (nSPS) is 10.4. The van der Waals surface area contributed by atoms with Gasteiger partial charge in [0, 0.05) is 6.42 Å². The van der Waals surface area contributed by atoms with Crippen molar-refractivity contribution in [3.8, 4) is 0 Å². The summed E-state index contributed by atoms with van der Waals surface area (Å²) in [5.74, 6) is 0. The van der Waals surface area contributed by atoms with Crippen LogP contribution in [0.1, 0.15) is 18.1 Å². The van der Waals surface area contributed by atoms with Crippen LogP contribution >= 0.6 is 0 Å². The minimum Gasteiger partial charge on any atom is -0.303 e. The van der Waals surface area contributed by atoms with E-state index in [0.29, 0.717) is 6.42 Å². The van der Waals surface area contributed by atoms with Gasteiger partial charge in [-0.15, -0.1) is 0 Å². The number of hydrogen-bond donors (Lipinski definition) is 0. The van der Waals surface area contributed by atoms with Crippen molar-refractivity contribution in [3.63, 3.8) is 0 Å². The van der Waals surface area contributed by atoms with E-state index in [0.717, 1.165) is 17.4 Å². The monoisotopic (exact) mass is 160 g/mol. The quantitative estimate of drug-likeness (QED) is 0.621. The molecule has 0 radical (unpaired) electrons. The molecule has 0 aliphatic carbocycles. The highest BCUT2D eigenvalue weighted by atomic mass is 16.1. The first-order valence-corrected chi connectivity index (χ1v) is 4.02. The Balaban J connectivity index is 2.87. The minimum absolute atomic E-state index is 0.505. The van der Waals surface area contributed by atoms with Gasteiger partial charge in [-0.25, -0.2) is 0 Å². The molecule has 12 heavy (non-hydrogen) atoms. The molecule has 0 aliphatic rings. The highest BCUT2D eigenvalue weighted by molar-refractivity contribution is 5.57. The summed E-state index contributed by atoms with van der Waals surface area (Å²) < 4.78 is 0. The van der Waals surface area contributed by atoms with E-state index in [9.17, 15) is 4.79 Å². The Kier molecular flexibility index (Phi) is 3.27. The van der Waals surface area contributed by atoms with Crippen molar-refractivity contribution in [1.29, 1.82) is 0 Å². The largest absolute Gasteiger partial charge is 0.303 e. The lowest BCUT2D eigenvalue weighted by Gasteiger charge is -1.96. The van der Waals surface area contributed by atoms with Crippen molar-refractivity contribution < 1.29 is 4.79 Å². The number of rotatable bonds is 3. The maximum Gasteiger partial charge on any atom is 0.124 e. The summed E-state index contributed by atoms with van der Waals surface area (Å²) in [6, 6.07) is 7.97. The van der Waals surface area contributed by atoms with Gasteiger partial charge < -0.3 is 4.79 Å². The van der Waals surface area contributed by atoms with Gasteiger partial charge in [-0.2, -0.15) is 0 Å². The predicted octanol–water partition coefficient (Wildman–Crippen LogP) is 2.46. The first-order chi connectivity index (χ1) is 5.86. The molecule has 0 heterocycles. The van der Waals surface area contributed by atoms with E-state index in [1.165, 1.54) is 0 Å². The van der Waals surface area contributed by atoms with Gasteiger partial charge >= 0.3 is 0 Å².